The average molecular weight is 279 g/mol. The van der Waals surface area contributed by atoms with Crippen molar-refractivity contribution in [2.45, 2.75) is 0 Å². The van der Waals surface area contributed by atoms with Gasteiger partial charge in [0.05, 0.1) is 16.7 Å². The summed E-state index contributed by atoms with van der Waals surface area (Å²) in [5.74, 6) is 0.0515. The highest BCUT2D eigenvalue weighted by Gasteiger charge is 2.08. The monoisotopic (exact) mass is 279 g/mol. The van der Waals surface area contributed by atoms with E-state index < -0.39 is 0 Å². The number of rotatable bonds is 3. The molecule has 2 N–H and O–H groups in total. The van der Waals surface area contributed by atoms with E-state index >= 15 is 0 Å². The Morgan fingerprint density at radius 3 is 2.67 bits per heavy atom. The Bertz CT molecular complexity index is 809. The Kier molecular flexibility index (Phi) is 3.31. The Balaban J connectivity index is 1.89. The van der Waals surface area contributed by atoms with Crippen LogP contribution in [0.3, 0.4) is 0 Å². The topological polar surface area (TPSA) is 76.9 Å². The van der Waals surface area contributed by atoms with Crippen LogP contribution in [0.4, 0.5) is 10.1 Å². The fourth-order valence-electron chi connectivity index (χ4n) is 1.84. The molecule has 21 heavy (non-hydrogen) atoms. The number of nitrogens with one attached hydrogen (secondary N) is 2. The number of benzene rings is 2. The number of hydrogen-bond acceptors (Lipinski definition) is 4. The number of H-pyrrole nitrogens is 1. The number of aromatic nitrogens is 2. The molecule has 6 heteroatoms. The van der Waals surface area contributed by atoms with E-state index in [-0.39, 0.29) is 11.5 Å². The summed E-state index contributed by atoms with van der Waals surface area (Å²) in [5.41, 5.74) is 5.00. The minimum absolute atomic E-state index is 0.121. The van der Waals surface area contributed by atoms with Crippen molar-refractivity contribution in [1.82, 2.24) is 9.97 Å². The van der Waals surface area contributed by atoms with Crippen LogP contribution in [0, 0.1) is 17.1 Å². The molecule has 0 aliphatic heterocycles. The maximum Gasteiger partial charge on any atom is 0.203 e. The molecule has 0 unspecified atom stereocenters. The molecule has 3 rings (SSSR count). The number of aromatic amines is 1. The summed E-state index contributed by atoms with van der Waals surface area (Å²) >= 11 is 0. The summed E-state index contributed by atoms with van der Waals surface area (Å²) in [7, 11) is 0. The van der Waals surface area contributed by atoms with Crippen molar-refractivity contribution < 1.29 is 4.39 Å². The Hall–Kier alpha value is -3.20. The second kappa shape index (κ2) is 5.43. The zero-order chi connectivity index (χ0) is 14.7. The highest BCUT2D eigenvalue weighted by Crippen LogP contribution is 2.12. The SMILES string of the molecule is N#C/C(=N\Nc1ccc(F)cc1)c1nc2ccccc2[nH]1. The van der Waals surface area contributed by atoms with Crippen LogP contribution in [0.2, 0.25) is 0 Å². The molecule has 0 bridgehead atoms. The fourth-order valence-corrected chi connectivity index (χ4v) is 1.84. The molecule has 0 saturated heterocycles. The normalized spacial score (nSPS) is 11.3. The van der Waals surface area contributed by atoms with Crippen molar-refractivity contribution in [2.75, 3.05) is 5.43 Å². The molecule has 0 saturated carbocycles. The van der Waals surface area contributed by atoms with Crippen molar-refractivity contribution in [2.24, 2.45) is 5.10 Å². The first-order valence-corrected chi connectivity index (χ1v) is 6.21. The Labute approximate surface area is 119 Å². The van der Waals surface area contributed by atoms with Gasteiger partial charge in [-0.05, 0) is 36.4 Å². The molecule has 0 aliphatic rings. The van der Waals surface area contributed by atoms with Crippen LogP contribution in [0.15, 0.2) is 53.6 Å². The fraction of sp³-hybridized carbons (Fsp3) is 0. The van der Waals surface area contributed by atoms with Crippen molar-refractivity contribution >= 4 is 22.4 Å². The molecule has 0 radical (unpaired) electrons. The summed E-state index contributed by atoms with van der Waals surface area (Å²) < 4.78 is 12.8. The molecule has 0 amide bonds. The maximum atomic E-state index is 12.8. The van der Waals surface area contributed by atoms with Crippen molar-refractivity contribution in [3.05, 3.63) is 60.2 Å². The Morgan fingerprint density at radius 2 is 1.95 bits per heavy atom. The number of para-hydroxylation sites is 2. The van der Waals surface area contributed by atoms with Gasteiger partial charge >= 0.3 is 0 Å². The number of fused-ring (bicyclic) bond motifs is 1. The standard InChI is InChI=1S/C15H10FN5/c16-10-5-7-11(8-6-10)20-21-14(9-17)15-18-12-3-1-2-4-13(12)19-15/h1-8,20H,(H,18,19)/b21-14+. The predicted molar refractivity (Wildman–Crippen MR) is 78.3 cm³/mol. The predicted octanol–water partition coefficient (Wildman–Crippen LogP) is 3.04. The quantitative estimate of drug-likeness (QED) is 0.571. The van der Waals surface area contributed by atoms with Crippen molar-refractivity contribution in [1.29, 1.82) is 5.26 Å². The van der Waals surface area contributed by atoms with Gasteiger partial charge in [-0.2, -0.15) is 10.4 Å². The van der Waals surface area contributed by atoms with Crippen LogP contribution in [-0.2, 0) is 0 Å². The summed E-state index contributed by atoms with van der Waals surface area (Å²) in [6, 6.07) is 15.1. The van der Waals surface area contributed by atoms with Crippen LogP contribution in [0.5, 0.6) is 0 Å². The molecule has 2 aromatic carbocycles. The number of halogens is 1. The molecule has 1 heterocycles. The molecule has 5 nitrogen and oxygen atoms in total. The van der Waals surface area contributed by atoms with E-state index in [1.807, 2.05) is 30.3 Å². The average Bonchev–Trinajstić information content (AvgIpc) is 2.93. The lowest BCUT2D eigenvalue weighted by Gasteiger charge is -1.99. The van der Waals surface area contributed by atoms with E-state index in [1.165, 1.54) is 24.3 Å². The van der Waals surface area contributed by atoms with Crippen LogP contribution >= 0.6 is 0 Å². The second-order valence-corrected chi connectivity index (χ2v) is 4.29. The van der Waals surface area contributed by atoms with E-state index in [9.17, 15) is 9.65 Å². The first-order chi connectivity index (χ1) is 10.3. The van der Waals surface area contributed by atoms with Gasteiger partial charge < -0.3 is 4.98 Å². The van der Waals surface area contributed by atoms with E-state index in [4.69, 9.17) is 0 Å². The van der Waals surface area contributed by atoms with Crippen LogP contribution in [0.25, 0.3) is 11.0 Å². The Morgan fingerprint density at radius 1 is 1.19 bits per heavy atom. The smallest absolute Gasteiger partial charge is 0.203 e. The molecule has 3 aromatic rings. The lowest BCUT2D eigenvalue weighted by molar-refractivity contribution is 0.628. The molecule has 0 fully saturated rings. The van der Waals surface area contributed by atoms with Gasteiger partial charge in [0.1, 0.15) is 11.9 Å². The summed E-state index contributed by atoms with van der Waals surface area (Å²) in [6.07, 6.45) is 0. The van der Waals surface area contributed by atoms with Gasteiger partial charge in [-0.25, -0.2) is 9.37 Å². The minimum Gasteiger partial charge on any atom is -0.336 e. The van der Waals surface area contributed by atoms with Gasteiger partial charge in [-0.3, -0.25) is 5.43 Å². The third-order valence-electron chi connectivity index (χ3n) is 2.86. The third-order valence-corrected chi connectivity index (χ3v) is 2.86. The summed E-state index contributed by atoms with van der Waals surface area (Å²) in [4.78, 5) is 7.33. The highest BCUT2D eigenvalue weighted by molar-refractivity contribution is 6.10. The van der Waals surface area contributed by atoms with Gasteiger partial charge in [-0.1, -0.05) is 12.1 Å². The molecular weight excluding hydrogens is 269 g/mol. The number of imidazole rings is 1. The molecule has 0 aliphatic carbocycles. The second-order valence-electron chi connectivity index (χ2n) is 4.29. The van der Waals surface area contributed by atoms with Crippen LogP contribution in [0.1, 0.15) is 5.82 Å². The molecule has 0 spiro atoms. The van der Waals surface area contributed by atoms with Crippen LogP contribution < -0.4 is 5.43 Å². The molecule has 0 atom stereocenters. The minimum atomic E-state index is -0.331. The lowest BCUT2D eigenvalue weighted by atomic mass is 10.3. The van der Waals surface area contributed by atoms with Gasteiger partial charge in [0.2, 0.25) is 5.71 Å². The lowest BCUT2D eigenvalue weighted by Crippen LogP contribution is -2.03. The number of hydrogen-bond donors (Lipinski definition) is 2. The first-order valence-electron chi connectivity index (χ1n) is 6.21. The van der Waals surface area contributed by atoms with E-state index in [0.29, 0.717) is 11.5 Å². The van der Waals surface area contributed by atoms with Gasteiger partial charge in [-0.15, -0.1) is 0 Å². The van der Waals surface area contributed by atoms with Crippen molar-refractivity contribution in [3.63, 3.8) is 0 Å². The van der Waals surface area contributed by atoms with Gasteiger partial charge in [0.15, 0.2) is 5.82 Å². The molecular formula is C15H10FN5. The van der Waals surface area contributed by atoms with Crippen LogP contribution in [-0.4, -0.2) is 15.7 Å². The molecule has 1 aromatic heterocycles. The number of hydrazone groups is 1. The van der Waals surface area contributed by atoms with E-state index in [0.717, 1.165) is 11.0 Å². The third kappa shape index (κ3) is 2.72. The first kappa shape index (κ1) is 12.8. The zero-order valence-electron chi connectivity index (χ0n) is 10.8. The largest absolute Gasteiger partial charge is 0.336 e. The maximum absolute atomic E-state index is 12.8. The van der Waals surface area contributed by atoms with E-state index in [1.54, 1.807) is 0 Å². The number of nitrogens with zero attached hydrogens (tertiary/aromatic N) is 3. The molecule has 102 valence electrons. The highest BCUT2D eigenvalue weighted by atomic mass is 19.1. The number of anilines is 1. The summed E-state index contributed by atoms with van der Waals surface area (Å²) in [6.45, 7) is 0. The number of nitriles is 1. The van der Waals surface area contributed by atoms with Crippen molar-refractivity contribution in [3.8, 4) is 6.07 Å². The van der Waals surface area contributed by atoms with Gasteiger partial charge in [0.25, 0.3) is 0 Å². The van der Waals surface area contributed by atoms with Gasteiger partial charge in [0, 0.05) is 0 Å². The zero-order valence-corrected chi connectivity index (χ0v) is 10.8. The summed E-state index contributed by atoms with van der Waals surface area (Å²) in [5, 5.41) is 13.2. The van der Waals surface area contributed by atoms with E-state index in [2.05, 4.69) is 20.5 Å².